The van der Waals surface area contributed by atoms with Crippen LogP contribution in [0.3, 0.4) is 0 Å². The molecule has 1 aliphatic rings. The molecule has 0 aliphatic carbocycles. The molecular formula is C23H38N2. The van der Waals surface area contributed by atoms with E-state index in [4.69, 9.17) is 0 Å². The van der Waals surface area contributed by atoms with Gasteiger partial charge in [0.05, 0.1) is 6.67 Å². The summed E-state index contributed by atoms with van der Waals surface area (Å²) in [4.78, 5) is 4.73. The Morgan fingerprint density at radius 1 is 0.760 bits per heavy atom. The highest BCUT2D eigenvalue weighted by Crippen LogP contribution is 2.24. The van der Waals surface area contributed by atoms with E-state index in [2.05, 4.69) is 73.2 Å². The van der Waals surface area contributed by atoms with Crippen LogP contribution in [0.2, 0.25) is 0 Å². The van der Waals surface area contributed by atoms with E-state index < -0.39 is 0 Å². The van der Waals surface area contributed by atoms with E-state index in [9.17, 15) is 0 Å². The number of hydrogen-bond acceptors (Lipinski definition) is 2. The fourth-order valence-electron chi connectivity index (χ4n) is 2.70. The lowest BCUT2D eigenvalue weighted by Gasteiger charge is -2.21. The lowest BCUT2D eigenvalue weighted by Crippen LogP contribution is -2.24. The maximum absolute atomic E-state index is 2.43. The molecule has 0 radical (unpaired) electrons. The van der Waals surface area contributed by atoms with Gasteiger partial charge in [0.1, 0.15) is 0 Å². The fourth-order valence-corrected chi connectivity index (χ4v) is 2.70. The van der Waals surface area contributed by atoms with E-state index in [0.29, 0.717) is 0 Å². The molecular weight excluding hydrogens is 304 g/mol. The third-order valence-corrected chi connectivity index (χ3v) is 4.14. The zero-order chi connectivity index (χ0) is 19.4. The van der Waals surface area contributed by atoms with Crippen LogP contribution in [-0.2, 0) is 6.54 Å². The first kappa shape index (κ1) is 23.0. The van der Waals surface area contributed by atoms with Crippen molar-refractivity contribution < 1.29 is 0 Å². The highest BCUT2D eigenvalue weighted by atomic mass is 15.4. The summed E-state index contributed by atoms with van der Waals surface area (Å²) in [5, 5.41) is 2.64. The predicted molar refractivity (Wildman–Crippen MR) is 115 cm³/mol. The van der Waals surface area contributed by atoms with Crippen molar-refractivity contribution in [3.05, 3.63) is 59.4 Å². The standard InChI is InChI=1S/C17H20N2.3C2H6/c1-13-14(2)19(12-18(13)3)11-15-8-9-16-6-4-5-7-17(16)10-15;3*1-2/h4-10H,11-12H2,1-3H3;3*1-2H3. The van der Waals surface area contributed by atoms with Crippen LogP contribution < -0.4 is 0 Å². The Bertz CT molecular complexity index is 643. The van der Waals surface area contributed by atoms with E-state index in [0.717, 1.165) is 13.2 Å². The smallest absolute Gasteiger partial charge is 0.0898 e. The van der Waals surface area contributed by atoms with Gasteiger partial charge in [0, 0.05) is 25.0 Å². The number of allylic oxidation sites excluding steroid dienone is 2. The summed E-state index contributed by atoms with van der Waals surface area (Å²) >= 11 is 0. The van der Waals surface area contributed by atoms with Crippen LogP contribution in [0.25, 0.3) is 10.8 Å². The van der Waals surface area contributed by atoms with Gasteiger partial charge in [0.2, 0.25) is 0 Å². The predicted octanol–water partition coefficient (Wildman–Crippen LogP) is 6.87. The minimum absolute atomic E-state index is 0.984. The number of nitrogens with zero attached hydrogens (tertiary/aromatic N) is 2. The van der Waals surface area contributed by atoms with Crippen LogP contribution in [0.5, 0.6) is 0 Å². The van der Waals surface area contributed by atoms with E-state index >= 15 is 0 Å². The lowest BCUT2D eigenvalue weighted by molar-refractivity contribution is 0.271. The van der Waals surface area contributed by atoms with Gasteiger partial charge in [-0.3, -0.25) is 0 Å². The molecule has 1 aliphatic heterocycles. The maximum Gasteiger partial charge on any atom is 0.0898 e. The third kappa shape index (κ3) is 6.12. The molecule has 3 rings (SSSR count). The van der Waals surface area contributed by atoms with Crippen molar-refractivity contribution in [2.75, 3.05) is 13.7 Å². The zero-order valence-electron chi connectivity index (χ0n) is 17.9. The molecule has 2 aromatic rings. The van der Waals surface area contributed by atoms with Crippen molar-refractivity contribution in [3.8, 4) is 0 Å². The van der Waals surface area contributed by atoms with Gasteiger partial charge in [-0.2, -0.15) is 0 Å². The molecule has 0 amide bonds. The number of rotatable bonds is 2. The Labute approximate surface area is 156 Å². The van der Waals surface area contributed by atoms with Crippen molar-refractivity contribution in [3.63, 3.8) is 0 Å². The molecule has 2 heteroatoms. The molecule has 0 aromatic heterocycles. The average Bonchev–Trinajstić information content (AvgIpc) is 2.93. The molecule has 0 N–H and O–H groups in total. The molecule has 0 spiro atoms. The molecule has 140 valence electrons. The average molecular weight is 343 g/mol. The summed E-state index contributed by atoms with van der Waals surface area (Å²) < 4.78 is 0. The fraction of sp³-hybridized carbons (Fsp3) is 0.478. The van der Waals surface area contributed by atoms with Crippen LogP contribution in [0, 0.1) is 0 Å². The summed E-state index contributed by atoms with van der Waals surface area (Å²) in [7, 11) is 2.15. The van der Waals surface area contributed by atoms with Crippen LogP contribution in [-0.4, -0.2) is 23.5 Å². The number of benzene rings is 2. The molecule has 25 heavy (non-hydrogen) atoms. The molecule has 0 bridgehead atoms. The third-order valence-electron chi connectivity index (χ3n) is 4.14. The number of fused-ring (bicyclic) bond motifs is 1. The van der Waals surface area contributed by atoms with Crippen molar-refractivity contribution in [1.29, 1.82) is 0 Å². The van der Waals surface area contributed by atoms with Crippen molar-refractivity contribution in [2.24, 2.45) is 0 Å². The molecule has 0 fully saturated rings. The van der Waals surface area contributed by atoms with Crippen LogP contribution in [0.4, 0.5) is 0 Å². The zero-order valence-corrected chi connectivity index (χ0v) is 17.9. The quantitative estimate of drug-likeness (QED) is 0.587. The van der Waals surface area contributed by atoms with Gasteiger partial charge in [-0.25, -0.2) is 0 Å². The van der Waals surface area contributed by atoms with Gasteiger partial charge in [0.25, 0.3) is 0 Å². The molecule has 2 aromatic carbocycles. The second-order valence-electron chi connectivity index (χ2n) is 5.39. The summed E-state index contributed by atoms with van der Waals surface area (Å²) in [6.07, 6.45) is 0. The van der Waals surface area contributed by atoms with Crippen molar-refractivity contribution in [2.45, 2.75) is 61.9 Å². The van der Waals surface area contributed by atoms with Gasteiger partial charge in [0.15, 0.2) is 0 Å². The monoisotopic (exact) mass is 342 g/mol. The lowest BCUT2D eigenvalue weighted by atomic mass is 10.1. The maximum atomic E-state index is 2.43. The van der Waals surface area contributed by atoms with E-state index in [1.807, 2.05) is 41.5 Å². The summed E-state index contributed by atoms with van der Waals surface area (Å²) in [5.41, 5.74) is 4.14. The highest BCUT2D eigenvalue weighted by Gasteiger charge is 2.20. The Balaban J connectivity index is 0.000000871. The Morgan fingerprint density at radius 3 is 1.84 bits per heavy atom. The van der Waals surface area contributed by atoms with E-state index in [1.165, 1.54) is 27.7 Å². The van der Waals surface area contributed by atoms with Gasteiger partial charge in [-0.1, -0.05) is 77.9 Å². The van der Waals surface area contributed by atoms with Gasteiger partial charge >= 0.3 is 0 Å². The summed E-state index contributed by atoms with van der Waals surface area (Å²) in [6, 6.07) is 15.3. The molecule has 0 unspecified atom stereocenters. The normalized spacial score (nSPS) is 12.7. The Hall–Kier alpha value is -1.96. The largest absolute Gasteiger partial charge is 0.359 e. The SMILES string of the molecule is CC.CC.CC.CC1=C(C)N(Cc2ccc3ccccc3c2)CN1C. The van der Waals surface area contributed by atoms with Gasteiger partial charge < -0.3 is 9.80 Å². The summed E-state index contributed by atoms with van der Waals surface area (Å²) in [6.45, 7) is 18.4. The van der Waals surface area contributed by atoms with E-state index in [-0.39, 0.29) is 0 Å². The molecule has 1 heterocycles. The second-order valence-corrected chi connectivity index (χ2v) is 5.39. The minimum atomic E-state index is 0.984. The highest BCUT2D eigenvalue weighted by molar-refractivity contribution is 5.82. The molecule has 0 atom stereocenters. The van der Waals surface area contributed by atoms with Gasteiger partial charge in [-0.15, -0.1) is 0 Å². The van der Waals surface area contributed by atoms with Gasteiger partial charge in [-0.05, 0) is 36.2 Å². The molecule has 2 nitrogen and oxygen atoms in total. The second kappa shape index (κ2) is 12.4. The van der Waals surface area contributed by atoms with Crippen molar-refractivity contribution >= 4 is 10.8 Å². The first-order chi connectivity index (χ1) is 12.1. The van der Waals surface area contributed by atoms with Crippen LogP contribution in [0.15, 0.2) is 53.9 Å². The Morgan fingerprint density at radius 2 is 1.32 bits per heavy atom. The first-order valence-corrected chi connectivity index (χ1v) is 9.76. The Kier molecular flexibility index (Phi) is 11.4. The molecule has 0 saturated carbocycles. The van der Waals surface area contributed by atoms with Crippen LogP contribution in [0.1, 0.15) is 61.0 Å². The molecule has 0 saturated heterocycles. The minimum Gasteiger partial charge on any atom is -0.359 e. The topological polar surface area (TPSA) is 6.48 Å². The summed E-state index contributed by atoms with van der Waals surface area (Å²) in [5.74, 6) is 0. The number of hydrogen-bond donors (Lipinski definition) is 0. The van der Waals surface area contributed by atoms with Crippen LogP contribution >= 0.6 is 0 Å². The first-order valence-electron chi connectivity index (χ1n) is 9.76. The van der Waals surface area contributed by atoms with Crippen molar-refractivity contribution in [1.82, 2.24) is 9.80 Å². The van der Waals surface area contributed by atoms with E-state index in [1.54, 1.807) is 0 Å².